The first-order chi connectivity index (χ1) is 12.6. The molecule has 0 radical (unpaired) electrons. The third-order valence-corrected chi connectivity index (χ3v) is 4.61. The number of aromatic amines is 1. The van der Waals surface area contributed by atoms with E-state index in [0.29, 0.717) is 17.8 Å². The zero-order valence-electron chi connectivity index (χ0n) is 14.1. The van der Waals surface area contributed by atoms with Crippen LogP contribution >= 0.6 is 0 Å². The number of H-pyrrole nitrogens is 1. The Morgan fingerprint density at radius 1 is 1.19 bits per heavy atom. The van der Waals surface area contributed by atoms with E-state index in [4.69, 9.17) is 5.73 Å². The monoisotopic (exact) mass is 349 g/mol. The number of urea groups is 1. The third-order valence-electron chi connectivity index (χ3n) is 4.61. The molecule has 7 nitrogen and oxygen atoms in total. The Hall–Kier alpha value is -3.35. The number of benzene rings is 2. The highest BCUT2D eigenvalue weighted by molar-refractivity contribution is 5.97. The lowest BCUT2D eigenvalue weighted by atomic mass is 10.1. The van der Waals surface area contributed by atoms with E-state index in [2.05, 4.69) is 15.3 Å². The second kappa shape index (κ2) is 6.51. The average molecular weight is 349 g/mol. The molecular weight excluding hydrogens is 330 g/mol. The van der Waals surface area contributed by atoms with Crippen LogP contribution in [0.1, 0.15) is 35.1 Å². The van der Waals surface area contributed by atoms with Crippen LogP contribution in [0.15, 0.2) is 48.5 Å². The van der Waals surface area contributed by atoms with Gasteiger partial charge >= 0.3 is 6.03 Å². The first-order valence-electron chi connectivity index (χ1n) is 8.54. The molecule has 7 heteroatoms. The van der Waals surface area contributed by atoms with Crippen molar-refractivity contribution in [1.82, 2.24) is 14.9 Å². The fourth-order valence-electron chi connectivity index (χ4n) is 3.46. The van der Waals surface area contributed by atoms with E-state index in [9.17, 15) is 9.59 Å². The van der Waals surface area contributed by atoms with Gasteiger partial charge in [0, 0.05) is 17.8 Å². The van der Waals surface area contributed by atoms with Gasteiger partial charge in [0.15, 0.2) is 0 Å². The number of aromatic nitrogens is 2. The summed E-state index contributed by atoms with van der Waals surface area (Å²) < 4.78 is 0. The molecule has 26 heavy (non-hydrogen) atoms. The molecule has 1 atom stereocenters. The van der Waals surface area contributed by atoms with Gasteiger partial charge in [-0.25, -0.2) is 9.78 Å². The van der Waals surface area contributed by atoms with Gasteiger partial charge in [0.2, 0.25) is 0 Å². The van der Waals surface area contributed by atoms with Crippen molar-refractivity contribution in [3.05, 3.63) is 59.9 Å². The summed E-state index contributed by atoms with van der Waals surface area (Å²) >= 11 is 0. The van der Waals surface area contributed by atoms with Crippen LogP contribution in [0.2, 0.25) is 0 Å². The number of primary amides is 1. The number of nitrogens with zero attached hydrogens (tertiary/aromatic N) is 2. The summed E-state index contributed by atoms with van der Waals surface area (Å²) in [7, 11) is 0. The number of fused-ring (bicyclic) bond motifs is 1. The van der Waals surface area contributed by atoms with Gasteiger partial charge < -0.3 is 20.9 Å². The molecule has 2 aromatic carbocycles. The summed E-state index contributed by atoms with van der Waals surface area (Å²) in [4.78, 5) is 33.9. The largest absolute Gasteiger partial charge is 0.351 e. The van der Waals surface area contributed by atoms with Gasteiger partial charge in [-0.1, -0.05) is 18.2 Å². The normalized spacial score (nSPS) is 16.8. The molecule has 0 spiro atoms. The Bertz CT molecular complexity index is 948. The highest BCUT2D eigenvalue weighted by Crippen LogP contribution is 2.32. The Morgan fingerprint density at radius 3 is 2.85 bits per heavy atom. The van der Waals surface area contributed by atoms with E-state index in [1.54, 1.807) is 24.3 Å². The predicted octanol–water partition coefficient (Wildman–Crippen LogP) is 3.03. The maximum Gasteiger partial charge on any atom is 0.316 e. The van der Waals surface area contributed by atoms with E-state index >= 15 is 0 Å². The number of hydrogen-bond acceptors (Lipinski definition) is 3. The lowest BCUT2D eigenvalue weighted by molar-refractivity contribution is 0.0730. The van der Waals surface area contributed by atoms with E-state index < -0.39 is 6.03 Å². The Kier molecular flexibility index (Phi) is 4.04. The summed E-state index contributed by atoms with van der Waals surface area (Å²) in [6.07, 6.45) is 1.79. The predicted molar refractivity (Wildman–Crippen MR) is 98.8 cm³/mol. The van der Waals surface area contributed by atoms with Crippen molar-refractivity contribution in [2.75, 3.05) is 11.9 Å². The number of anilines is 1. The summed E-state index contributed by atoms with van der Waals surface area (Å²) in [5.74, 6) is 0.726. The molecule has 4 N–H and O–H groups in total. The first-order valence-corrected chi connectivity index (χ1v) is 8.54. The molecule has 4 rings (SSSR count). The van der Waals surface area contributed by atoms with Crippen molar-refractivity contribution in [1.29, 1.82) is 0 Å². The number of nitrogens with one attached hydrogen (secondary N) is 2. The lowest BCUT2D eigenvalue weighted by Crippen LogP contribution is -2.31. The molecule has 1 unspecified atom stereocenters. The highest BCUT2D eigenvalue weighted by atomic mass is 16.2. The van der Waals surface area contributed by atoms with Gasteiger partial charge in [-0.3, -0.25) is 4.79 Å². The maximum absolute atomic E-state index is 13.0. The van der Waals surface area contributed by atoms with Crippen LogP contribution in [0.5, 0.6) is 0 Å². The zero-order chi connectivity index (χ0) is 18.1. The van der Waals surface area contributed by atoms with E-state index in [0.717, 1.165) is 29.7 Å². The van der Waals surface area contributed by atoms with Crippen LogP contribution in [0.3, 0.4) is 0 Å². The number of imidazole rings is 1. The van der Waals surface area contributed by atoms with Crippen LogP contribution in [-0.2, 0) is 0 Å². The molecule has 0 bridgehead atoms. The fourth-order valence-corrected chi connectivity index (χ4v) is 3.46. The molecule has 1 aliphatic heterocycles. The van der Waals surface area contributed by atoms with Crippen LogP contribution in [0.25, 0.3) is 11.0 Å². The number of carbonyl (C=O) groups is 2. The molecule has 1 fully saturated rings. The van der Waals surface area contributed by atoms with E-state index in [1.165, 1.54) is 0 Å². The van der Waals surface area contributed by atoms with Gasteiger partial charge in [-0.2, -0.15) is 0 Å². The van der Waals surface area contributed by atoms with Gasteiger partial charge in [-0.05, 0) is 43.2 Å². The number of para-hydroxylation sites is 2. The van der Waals surface area contributed by atoms with E-state index in [-0.39, 0.29) is 11.9 Å². The highest BCUT2D eigenvalue weighted by Gasteiger charge is 2.32. The fraction of sp³-hybridized carbons (Fsp3) is 0.211. The van der Waals surface area contributed by atoms with E-state index in [1.807, 2.05) is 29.2 Å². The van der Waals surface area contributed by atoms with Crippen LogP contribution in [0, 0.1) is 0 Å². The minimum absolute atomic E-state index is 0.0809. The molecule has 3 amide bonds. The quantitative estimate of drug-likeness (QED) is 0.677. The van der Waals surface area contributed by atoms with Gasteiger partial charge in [0.05, 0.1) is 17.1 Å². The molecule has 1 aliphatic rings. The molecule has 0 aliphatic carbocycles. The average Bonchev–Trinajstić information content (AvgIpc) is 3.27. The summed E-state index contributed by atoms with van der Waals surface area (Å²) in [6, 6.07) is 13.9. The maximum atomic E-state index is 13.0. The second-order valence-corrected chi connectivity index (χ2v) is 6.37. The standard InChI is InChI=1S/C19H19N5O2/c20-19(26)21-13-6-3-5-12(11-13)18(25)24-10-4-9-16(24)17-22-14-7-1-2-8-15(14)23-17/h1-3,5-8,11,16H,4,9-10H2,(H,22,23)(H3,20,21,26). The molecule has 3 aromatic rings. The number of likely N-dealkylation sites (tertiary alicyclic amines) is 1. The van der Waals surface area contributed by atoms with Crippen molar-refractivity contribution in [2.24, 2.45) is 5.73 Å². The van der Waals surface area contributed by atoms with Gasteiger partial charge in [-0.15, -0.1) is 0 Å². The van der Waals surface area contributed by atoms with Crippen molar-refractivity contribution in [3.8, 4) is 0 Å². The molecule has 1 aromatic heterocycles. The van der Waals surface area contributed by atoms with Gasteiger partial charge in [0.25, 0.3) is 5.91 Å². The smallest absolute Gasteiger partial charge is 0.316 e. The SMILES string of the molecule is NC(=O)Nc1cccc(C(=O)N2CCCC2c2nc3ccccc3[nH]2)c1. The number of rotatable bonds is 3. The van der Waals surface area contributed by atoms with Crippen LogP contribution in [0.4, 0.5) is 10.5 Å². The van der Waals surface area contributed by atoms with Crippen LogP contribution in [-0.4, -0.2) is 33.4 Å². The second-order valence-electron chi connectivity index (χ2n) is 6.37. The summed E-state index contributed by atoms with van der Waals surface area (Å²) in [5, 5.41) is 2.50. The van der Waals surface area contributed by atoms with Crippen molar-refractivity contribution < 1.29 is 9.59 Å². The first kappa shape index (κ1) is 16.1. The third kappa shape index (κ3) is 2.99. The zero-order valence-corrected chi connectivity index (χ0v) is 14.1. The Morgan fingerprint density at radius 2 is 2.04 bits per heavy atom. The molecular formula is C19H19N5O2. The molecule has 1 saturated heterocycles. The van der Waals surface area contributed by atoms with Crippen molar-refractivity contribution in [3.63, 3.8) is 0 Å². The van der Waals surface area contributed by atoms with Crippen LogP contribution < -0.4 is 11.1 Å². The summed E-state index contributed by atoms with van der Waals surface area (Å²) in [5.41, 5.74) is 8.03. The van der Waals surface area contributed by atoms with Crippen molar-refractivity contribution in [2.45, 2.75) is 18.9 Å². The molecule has 0 saturated carbocycles. The minimum atomic E-state index is -0.657. The minimum Gasteiger partial charge on any atom is -0.351 e. The number of amides is 3. The van der Waals surface area contributed by atoms with Crippen molar-refractivity contribution >= 4 is 28.7 Å². The number of carbonyl (C=O) groups excluding carboxylic acids is 2. The Labute approximate surface area is 150 Å². The molecule has 132 valence electrons. The topological polar surface area (TPSA) is 104 Å². The number of nitrogens with two attached hydrogens (primary N) is 1. The number of hydrogen-bond donors (Lipinski definition) is 3. The Balaban J connectivity index is 1.61. The lowest BCUT2D eigenvalue weighted by Gasteiger charge is -2.23. The summed E-state index contributed by atoms with van der Waals surface area (Å²) in [6.45, 7) is 0.675. The van der Waals surface area contributed by atoms with Gasteiger partial charge in [0.1, 0.15) is 5.82 Å². The molecule has 2 heterocycles.